The van der Waals surface area contributed by atoms with Crippen molar-refractivity contribution in [2.45, 2.75) is 13.8 Å². The number of carboxylic acids is 1. The number of benzene rings is 1. The van der Waals surface area contributed by atoms with Gasteiger partial charge in [-0.1, -0.05) is 18.5 Å². The van der Waals surface area contributed by atoms with Crippen molar-refractivity contribution in [3.05, 3.63) is 34.3 Å². The second kappa shape index (κ2) is 5.68. The van der Waals surface area contributed by atoms with Gasteiger partial charge in [-0.15, -0.1) is 0 Å². The van der Waals surface area contributed by atoms with E-state index in [0.29, 0.717) is 10.6 Å². The standard InChI is InChI=1S/C12H14ClNO3/c1-7-5-9(13)3-4-10(7)11(15)14-6-8(2)12(16)17/h3-5,8H,6H2,1-2H3,(H,14,15)(H,16,17). The Labute approximate surface area is 105 Å². The summed E-state index contributed by atoms with van der Waals surface area (Å²) < 4.78 is 0. The molecule has 0 aliphatic rings. The van der Waals surface area contributed by atoms with E-state index in [4.69, 9.17) is 16.7 Å². The maximum atomic E-state index is 11.8. The number of amides is 1. The topological polar surface area (TPSA) is 66.4 Å². The summed E-state index contributed by atoms with van der Waals surface area (Å²) >= 11 is 5.78. The molecule has 4 nitrogen and oxygen atoms in total. The maximum Gasteiger partial charge on any atom is 0.308 e. The summed E-state index contributed by atoms with van der Waals surface area (Å²) in [5, 5.41) is 11.8. The third-order valence-corrected chi connectivity index (χ3v) is 2.66. The molecule has 92 valence electrons. The van der Waals surface area contributed by atoms with Crippen LogP contribution in [0.3, 0.4) is 0 Å². The molecular formula is C12H14ClNO3. The Morgan fingerprint density at radius 2 is 2.12 bits per heavy atom. The van der Waals surface area contributed by atoms with Crippen molar-refractivity contribution in [3.8, 4) is 0 Å². The molecule has 5 heteroatoms. The van der Waals surface area contributed by atoms with Crippen molar-refractivity contribution in [1.29, 1.82) is 0 Å². The highest BCUT2D eigenvalue weighted by atomic mass is 35.5. The minimum Gasteiger partial charge on any atom is -0.481 e. The SMILES string of the molecule is Cc1cc(Cl)ccc1C(=O)NCC(C)C(=O)O. The lowest BCUT2D eigenvalue weighted by atomic mass is 10.1. The molecule has 0 spiro atoms. The van der Waals surface area contributed by atoms with Crippen molar-refractivity contribution < 1.29 is 14.7 Å². The van der Waals surface area contributed by atoms with Gasteiger partial charge in [-0.25, -0.2) is 0 Å². The van der Waals surface area contributed by atoms with Crippen LogP contribution in [0.1, 0.15) is 22.8 Å². The Bertz CT molecular complexity index is 445. The summed E-state index contributed by atoms with van der Waals surface area (Å²) in [6.45, 7) is 3.43. The predicted molar refractivity (Wildman–Crippen MR) is 65.3 cm³/mol. The van der Waals surface area contributed by atoms with Crippen LogP contribution in [0.25, 0.3) is 0 Å². The molecule has 1 rings (SSSR count). The normalized spacial score (nSPS) is 11.9. The van der Waals surface area contributed by atoms with E-state index in [-0.39, 0.29) is 12.5 Å². The third kappa shape index (κ3) is 3.75. The lowest BCUT2D eigenvalue weighted by Crippen LogP contribution is -2.31. The van der Waals surface area contributed by atoms with Crippen molar-refractivity contribution in [2.24, 2.45) is 5.92 Å². The molecule has 0 aliphatic carbocycles. The van der Waals surface area contributed by atoms with Crippen molar-refractivity contribution in [3.63, 3.8) is 0 Å². The molecule has 0 heterocycles. The second-order valence-electron chi connectivity index (χ2n) is 3.91. The number of halogens is 1. The third-order valence-electron chi connectivity index (χ3n) is 2.42. The molecule has 0 saturated heterocycles. The lowest BCUT2D eigenvalue weighted by Gasteiger charge is -2.10. The van der Waals surface area contributed by atoms with Crippen LogP contribution in [0.4, 0.5) is 0 Å². The zero-order valence-corrected chi connectivity index (χ0v) is 10.4. The second-order valence-corrected chi connectivity index (χ2v) is 4.34. The first kappa shape index (κ1) is 13.5. The monoisotopic (exact) mass is 255 g/mol. The molecule has 0 saturated carbocycles. The molecular weight excluding hydrogens is 242 g/mol. The summed E-state index contributed by atoms with van der Waals surface area (Å²) in [5.74, 6) is -1.82. The van der Waals surface area contributed by atoms with Gasteiger partial charge in [0.05, 0.1) is 5.92 Å². The average Bonchev–Trinajstić information content (AvgIpc) is 2.25. The van der Waals surface area contributed by atoms with Gasteiger partial charge in [-0.2, -0.15) is 0 Å². The summed E-state index contributed by atoms with van der Waals surface area (Å²) in [7, 11) is 0. The minimum absolute atomic E-state index is 0.107. The largest absolute Gasteiger partial charge is 0.481 e. The Morgan fingerprint density at radius 1 is 1.47 bits per heavy atom. The van der Waals surface area contributed by atoms with Crippen LogP contribution in [0.15, 0.2) is 18.2 Å². The zero-order valence-electron chi connectivity index (χ0n) is 9.66. The number of carbonyl (C=O) groups excluding carboxylic acids is 1. The number of carbonyl (C=O) groups is 2. The smallest absolute Gasteiger partial charge is 0.308 e. The summed E-state index contributed by atoms with van der Waals surface area (Å²) in [4.78, 5) is 22.3. The first-order chi connectivity index (χ1) is 7.91. The molecule has 0 aromatic heterocycles. The number of nitrogens with one attached hydrogen (secondary N) is 1. The van der Waals surface area contributed by atoms with Gasteiger partial charge in [0, 0.05) is 17.1 Å². The Hall–Kier alpha value is -1.55. The quantitative estimate of drug-likeness (QED) is 0.866. The summed E-state index contributed by atoms with van der Waals surface area (Å²) in [5.41, 5.74) is 1.27. The molecule has 1 amide bonds. The number of aryl methyl sites for hydroxylation is 1. The van der Waals surface area contributed by atoms with Crippen molar-refractivity contribution in [2.75, 3.05) is 6.54 Å². The van der Waals surface area contributed by atoms with Crippen LogP contribution < -0.4 is 5.32 Å². The fraction of sp³-hybridized carbons (Fsp3) is 0.333. The molecule has 1 aromatic rings. The van der Waals surface area contributed by atoms with Gasteiger partial charge in [0.1, 0.15) is 0 Å². The minimum atomic E-state index is -0.932. The molecule has 1 aromatic carbocycles. The van der Waals surface area contributed by atoms with E-state index in [1.54, 1.807) is 25.1 Å². The maximum absolute atomic E-state index is 11.8. The highest BCUT2D eigenvalue weighted by Crippen LogP contribution is 2.15. The molecule has 0 radical (unpaired) electrons. The molecule has 1 unspecified atom stereocenters. The van der Waals surface area contributed by atoms with Crippen LogP contribution in [-0.4, -0.2) is 23.5 Å². The number of hydrogen-bond donors (Lipinski definition) is 2. The van der Waals surface area contributed by atoms with Gasteiger partial charge in [0.25, 0.3) is 5.91 Å². The van der Waals surface area contributed by atoms with E-state index in [2.05, 4.69) is 5.32 Å². The highest BCUT2D eigenvalue weighted by Gasteiger charge is 2.14. The molecule has 0 fully saturated rings. The van der Waals surface area contributed by atoms with E-state index >= 15 is 0 Å². The number of rotatable bonds is 4. The van der Waals surface area contributed by atoms with Gasteiger partial charge >= 0.3 is 5.97 Å². The Kier molecular flexibility index (Phi) is 4.52. The van der Waals surface area contributed by atoms with Gasteiger partial charge < -0.3 is 10.4 Å². The molecule has 2 N–H and O–H groups in total. The van der Waals surface area contributed by atoms with Crippen molar-refractivity contribution >= 4 is 23.5 Å². The fourth-order valence-corrected chi connectivity index (χ4v) is 1.54. The van der Waals surface area contributed by atoms with E-state index in [1.165, 1.54) is 6.92 Å². The van der Waals surface area contributed by atoms with Crippen LogP contribution >= 0.6 is 11.6 Å². The van der Waals surface area contributed by atoms with E-state index in [1.807, 2.05) is 0 Å². The van der Waals surface area contributed by atoms with Crippen LogP contribution in [0.2, 0.25) is 5.02 Å². The first-order valence-corrected chi connectivity index (χ1v) is 5.56. The Balaban J connectivity index is 2.67. The van der Waals surface area contributed by atoms with E-state index in [0.717, 1.165) is 5.56 Å². The summed E-state index contributed by atoms with van der Waals surface area (Å²) in [6.07, 6.45) is 0. The highest BCUT2D eigenvalue weighted by molar-refractivity contribution is 6.30. The number of hydrogen-bond acceptors (Lipinski definition) is 2. The zero-order chi connectivity index (χ0) is 13.0. The molecule has 0 aliphatic heterocycles. The van der Waals surface area contributed by atoms with Crippen LogP contribution in [-0.2, 0) is 4.79 Å². The molecule has 1 atom stereocenters. The van der Waals surface area contributed by atoms with Gasteiger partial charge in [-0.3, -0.25) is 9.59 Å². The molecule has 17 heavy (non-hydrogen) atoms. The van der Waals surface area contributed by atoms with Crippen LogP contribution in [0, 0.1) is 12.8 Å². The van der Waals surface area contributed by atoms with Gasteiger partial charge in [0.15, 0.2) is 0 Å². The first-order valence-electron chi connectivity index (χ1n) is 5.19. The lowest BCUT2D eigenvalue weighted by molar-refractivity contribution is -0.140. The van der Waals surface area contributed by atoms with E-state index < -0.39 is 11.9 Å². The van der Waals surface area contributed by atoms with Gasteiger partial charge in [0.2, 0.25) is 0 Å². The Morgan fingerprint density at radius 3 is 2.65 bits per heavy atom. The van der Waals surface area contributed by atoms with Crippen LogP contribution in [0.5, 0.6) is 0 Å². The number of aliphatic carboxylic acids is 1. The number of carboxylic acid groups (broad SMARTS) is 1. The van der Waals surface area contributed by atoms with Gasteiger partial charge in [-0.05, 0) is 30.7 Å². The van der Waals surface area contributed by atoms with Crippen molar-refractivity contribution in [1.82, 2.24) is 5.32 Å². The van der Waals surface area contributed by atoms with E-state index in [9.17, 15) is 9.59 Å². The predicted octanol–water partition coefficient (Wildman–Crippen LogP) is 2.10. The fourth-order valence-electron chi connectivity index (χ4n) is 1.31. The molecule has 0 bridgehead atoms. The average molecular weight is 256 g/mol. The summed E-state index contributed by atoms with van der Waals surface area (Å²) in [6, 6.07) is 4.94.